The molecule has 0 aromatic heterocycles. The summed E-state index contributed by atoms with van der Waals surface area (Å²) in [7, 11) is 0. The quantitative estimate of drug-likeness (QED) is 0.815. The molecule has 1 aromatic carbocycles. The third-order valence-electron chi connectivity index (χ3n) is 3.67. The summed E-state index contributed by atoms with van der Waals surface area (Å²) in [6.45, 7) is 2.78. The number of hydrogen-bond acceptors (Lipinski definition) is 2. The molecule has 1 heterocycles. The molecule has 1 atom stereocenters. The number of halogens is 2. The molecule has 0 aliphatic carbocycles. The van der Waals surface area contributed by atoms with E-state index in [1.807, 2.05) is 4.90 Å². The minimum absolute atomic E-state index is 0.0953. The Morgan fingerprint density at radius 3 is 2.50 bits per heavy atom. The molecule has 100 valence electrons. The maximum Gasteiger partial charge on any atom is 0.151 e. The van der Waals surface area contributed by atoms with Gasteiger partial charge in [0.05, 0.1) is 0 Å². The van der Waals surface area contributed by atoms with E-state index in [1.165, 1.54) is 12.1 Å². The van der Waals surface area contributed by atoms with Crippen molar-refractivity contribution in [2.24, 2.45) is 0 Å². The van der Waals surface area contributed by atoms with Crippen molar-refractivity contribution < 1.29 is 8.78 Å². The molecule has 0 radical (unpaired) electrons. The Morgan fingerprint density at radius 2 is 1.89 bits per heavy atom. The minimum Gasteiger partial charge on any atom is -0.399 e. The van der Waals surface area contributed by atoms with Crippen LogP contribution in [0.5, 0.6) is 0 Å². The number of hydrogen-bond donors (Lipinski definition) is 1. The Kier molecular flexibility index (Phi) is 4.04. The second-order valence-electron chi connectivity index (χ2n) is 4.94. The van der Waals surface area contributed by atoms with Gasteiger partial charge in [0.15, 0.2) is 11.6 Å². The van der Waals surface area contributed by atoms with Crippen molar-refractivity contribution >= 4 is 11.4 Å². The summed E-state index contributed by atoms with van der Waals surface area (Å²) in [5.41, 5.74) is 5.69. The van der Waals surface area contributed by atoms with E-state index >= 15 is 0 Å². The highest BCUT2D eigenvalue weighted by atomic mass is 19.1. The molecule has 2 N–H and O–H groups in total. The van der Waals surface area contributed by atoms with Crippen LogP contribution in [0.4, 0.5) is 20.2 Å². The first kappa shape index (κ1) is 13.1. The van der Waals surface area contributed by atoms with E-state index < -0.39 is 11.6 Å². The summed E-state index contributed by atoms with van der Waals surface area (Å²) < 4.78 is 28.0. The maximum absolute atomic E-state index is 14.0. The molecular weight excluding hydrogens is 234 g/mol. The highest BCUT2D eigenvalue weighted by Gasteiger charge is 2.25. The van der Waals surface area contributed by atoms with Crippen LogP contribution < -0.4 is 10.6 Å². The first-order valence-electron chi connectivity index (χ1n) is 6.64. The zero-order chi connectivity index (χ0) is 13.1. The maximum atomic E-state index is 14.0. The topological polar surface area (TPSA) is 29.3 Å². The van der Waals surface area contributed by atoms with Gasteiger partial charge in [0.1, 0.15) is 5.69 Å². The van der Waals surface area contributed by atoms with Gasteiger partial charge in [-0.1, -0.05) is 19.8 Å². The van der Waals surface area contributed by atoms with Crippen LogP contribution >= 0.6 is 0 Å². The molecule has 18 heavy (non-hydrogen) atoms. The van der Waals surface area contributed by atoms with Gasteiger partial charge in [-0.25, -0.2) is 8.78 Å². The Balaban J connectivity index is 2.38. The number of nitrogen functional groups attached to an aromatic ring is 1. The summed E-state index contributed by atoms with van der Waals surface area (Å²) in [5.74, 6) is -1.10. The lowest BCUT2D eigenvalue weighted by molar-refractivity contribution is 0.518. The normalized spacial score (nSPS) is 20.8. The van der Waals surface area contributed by atoms with E-state index in [1.54, 1.807) is 0 Å². The molecule has 1 aromatic rings. The van der Waals surface area contributed by atoms with Gasteiger partial charge in [0, 0.05) is 18.3 Å². The summed E-state index contributed by atoms with van der Waals surface area (Å²) in [6, 6.07) is 2.63. The van der Waals surface area contributed by atoms with Crippen LogP contribution in [0, 0.1) is 11.6 Å². The molecule has 0 amide bonds. The summed E-state index contributed by atoms with van der Waals surface area (Å²) in [5, 5.41) is 0. The van der Waals surface area contributed by atoms with Crippen LogP contribution in [0.2, 0.25) is 0 Å². The highest BCUT2D eigenvalue weighted by molar-refractivity contribution is 5.56. The van der Waals surface area contributed by atoms with E-state index in [0.717, 1.165) is 38.6 Å². The second-order valence-corrected chi connectivity index (χ2v) is 4.94. The van der Waals surface area contributed by atoms with Crippen molar-refractivity contribution in [1.29, 1.82) is 0 Å². The minimum atomic E-state index is -0.548. The Morgan fingerprint density at radius 1 is 1.22 bits per heavy atom. The van der Waals surface area contributed by atoms with Crippen LogP contribution in [0.25, 0.3) is 0 Å². The predicted molar refractivity (Wildman–Crippen MR) is 70.7 cm³/mol. The Bertz CT molecular complexity index is 397. The smallest absolute Gasteiger partial charge is 0.151 e. The highest BCUT2D eigenvalue weighted by Crippen LogP contribution is 2.31. The number of anilines is 2. The molecule has 0 saturated carbocycles. The standard InChI is InChI=1S/C14H20F2N2/c1-2-11-6-4-3-5-7-18(11)14-12(15)8-10(17)9-13(14)16/h8-9,11H,2-7,17H2,1H3. The first-order chi connectivity index (χ1) is 8.63. The zero-order valence-corrected chi connectivity index (χ0v) is 10.8. The average molecular weight is 254 g/mol. The lowest BCUT2D eigenvalue weighted by Crippen LogP contribution is -2.35. The summed E-state index contributed by atoms with van der Waals surface area (Å²) in [6.07, 6.45) is 5.15. The van der Waals surface area contributed by atoms with Gasteiger partial charge in [-0.15, -0.1) is 0 Å². The molecule has 0 spiro atoms. The monoisotopic (exact) mass is 254 g/mol. The van der Waals surface area contributed by atoms with Crippen LogP contribution in [-0.4, -0.2) is 12.6 Å². The third-order valence-corrected chi connectivity index (χ3v) is 3.67. The first-order valence-corrected chi connectivity index (χ1v) is 6.64. The van der Waals surface area contributed by atoms with Gasteiger partial charge in [0.2, 0.25) is 0 Å². The van der Waals surface area contributed by atoms with Gasteiger partial charge < -0.3 is 10.6 Å². The Hall–Kier alpha value is -1.32. The van der Waals surface area contributed by atoms with E-state index in [4.69, 9.17) is 5.73 Å². The molecule has 1 fully saturated rings. The third kappa shape index (κ3) is 2.57. The van der Waals surface area contributed by atoms with Crippen molar-refractivity contribution in [1.82, 2.24) is 0 Å². The fraction of sp³-hybridized carbons (Fsp3) is 0.571. The van der Waals surface area contributed by atoms with Gasteiger partial charge in [-0.3, -0.25) is 0 Å². The van der Waals surface area contributed by atoms with Crippen molar-refractivity contribution in [2.45, 2.75) is 45.1 Å². The zero-order valence-electron chi connectivity index (χ0n) is 10.8. The van der Waals surface area contributed by atoms with Crippen LogP contribution in [-0.2, 0) is 0 Å². The number of rotatable bonds is 2. The Labute approximate surface area is 107 Å². The fourth-order valence-electron chi connectivity index (χ4n) is 2.76. The van der Waals surface area contributed by atoms with Crippen molar-refractivity contribution in [3.05, 3.63) is 23.8 Å². The number of nitrogens with zero attached hydrogens (tertiary/aromatic N) is 1. The molecule has 1 unspecified atom stereocenters. The van der Waals surface area contributed by atoms with Gasteiger partial charge in [-0.2, -0.15) is 0 Å². The molecular formula is C14H20F2N2. The summed E-state index contributed by atoms with van der Waals surface area (Å²) >= 11 is 0. The van der Waals surface area contributed by atoms with E-state index in [-0.39, 0.29) is 17.4 Å². The predicted octanol–water partition coefficient (Wildman–Crippen LogP) is 3.71. The van der Waals surface area contributed by atoms with E-state index in [9.17, 15) is 8.78 Å². The van der Waals surface area contributed by atoms with Crippen molar-refractivity contribution in [2.75, 3.05) is 17.2 Å². The van der Waals surface area contributed by atoms with Crippen molar-refractivity contribution in [3.63, 3.8) is 0 Å². The molecule has 0 bridgehead atoms. The number of nitrogens with two attached hydrogens (primary N) is 1. The van der Waals surface area contributed by atoms with Gasteiger partial charge in [0.25, 0.3) is 0 Å². The molecule has 2 nitrogen and oxygen atoms in total. The largest absolute Gasteiger partial charge is 0.399 e. The average Bonchev–Trinajstić information content (AvgIpc) is 2.53. The number of benzene rings is 1. The molecule has 1 aliphatic rings. The van der Waals surface area contributed by atoms with E-state index in [2.05, 4.69) is 6.92 Å². The summed E-state index contributed by atoms with van der Waals surface area (Å²) in [4.78, 5) is 1.89. The fourth-order valence-corrected chi connectivity index (χ4v) is 2.76. The molecule has 4 heteroatoms. The lowest BCUT2D eigenvalue weighted by Gasteiger charge is -2.32. The molecule has 1 saturated heterocycles. The van der Waals surface area contributed by atoms with Crippen molar-refractivity contribution in [3.8, 4) is 0 Å². The van der Waals surface area contributed by atoms with Crippen LogP contribution in [0.15, 0.2) is 12.1 Å². The lowest BCUT2D eigenvalue weighted by atomic mass is 10.1. The van der Waals surface area contributed by atoms with Gasteiger partial charge >= 0.3 is 0 Å². The second kappa shape index (κ2) is 5.55. The van der Waals surface area contributed by atoms with E-state index in [0.29, 0.717) is 0 Å². The van der Waals surface area contributed by atoms with Gasteiger partial charge in [-0.05, 0) is 31.4 Å². The SMILES string of the molecule is CCC1CCCCCN1c1c(F)cc(N)cc1F. The van der Waals surface area contributed by atoms with Crippen LogP contribution in [0.3, 0.4) is 0 Å². The van der Waals surface area contributed by atoms with Crippen LogP contribution in [0.1, 0.15) is 39.0 Å². The molecule has 2 rings (SSSR count). The molecule has 1 aliphatic heterocycles.